The Morgan fingerprint density at radius 1 is 1.41 bits per heavy atom. The molecule has 0 saturated heterocycles. The van der Waals surface area contributed by atoms with E-state index in [0.717, 1.165) is 24.2 Å². The molecule has 0 aromatic rings. The number of allylic oxidation sites excluding steroid dienone is 2. The fourth-order valence-electron chi connectivity index (χ4n) is 5.96. The second kappa shape index (κ2) is 6.23. The van der Waals surface area contributed by atoms with Crippen molar-refractivity contribution in [2.24, 2.45) is 29.1 Å². The van der Waals surface area contributed by atoms with Gasteiger partial charge in [0.25, 0.3) is 0 Å². The molecule has 6 atom stereocenters. The fourth-order valence-corrected chi connectivity index (χ4v) is 6.70. The van der Waals surface area contributed by atoms with Crippen LogP contribution in [0, 0.1) is 29.1 Å². The van der Waals surface area contributed by atoms with Crippen molar-refractivity contribution in [1.29, 1.82) is 0 Å². The van der Waals surface area contributed by atoms with Gasteiger partial charge in [0.1, 0.15) is 0 Å². The Balaban J connectivity index is 1.69. The molecule has 22 heavy (non-hydrogen) atoms. The topological polar surface area (TPSA) is 20.2 Å². The van der Waals surface area contributed by atoms with Crippen LogP contribution in [-0.2, 0) is 0 Å². The molecule has 1 N–H and O–H groups in total. The van der Waals surface area contributed by atoms with Crippen molar-refractivity contribution >= 4 is 22.6 Å². The Kier molecular flexibility index (Phi) is 4.82. The summed E-state index contributed by atoms with van der Waals surface area (Å²) in [6.45, 7) is 6.99. The molecule has 2 heteroatoms. The highest BCUT2D eigenvalue weighted by atomic mass is 127. The summed E-state index contributed by atoms with van der Waals surface area (Å²) in [6, 6.07) is 0. The highest BCUT2D eigenvalue weighted by Gasteiger charge is 2.50. The van der Waals surface area contributed by atoms with Crippen LogP contribution in [-0.4, -0.2) is 10.7 Å². The van der Waals surface area contributed by atoms with E-state index in [9.17, 15) is 5.11 Å². The Morgan fingerprint density at radius 3 is 2.82 bits per heavy atom. The molecule has 0 aromatic carbocycles. The Labute approximate surface area is 149 Å². The maximum absolute atomic E-state index is 10.2. The number of halogens is 1. The Hall–Kier alpha value is 0.170. The summed E-state index contributed by atoms with van der Waals surface area (Å²) >= 11 is 2.46. The van der Waals surface area contributed by atoms with E-state index in [1.165, 1.54) is 38.5 Å². The minimum atomic E-state index is -0.561. The highest BCUT2D eigenvalue weighted by molar-refractivity contribution is 14.1. The minimum absolute atomic E-state index is 0.527. The van der Waals surface area contributed by atoms with Gasteiger partial charge in [0, 0.05) is 0 Å². The number of rotatable bonds is 3. The lowest BCUT2D eigenvalue weighted by Crippen LogP contribution is -2.36. The molecule has 0 amide bonds. The molecule has 3 aliphatic carbocycles. The zero-order chi connectivity index (χ0) is 16.0. The Morgan fingerprint density at radius 2 is 2.18 bits per heavy atom. The Bertz CT molecular complexity index is 478. The number of hydrogen-bond acceptors (Lipinski definition) is 1. The van der Waals surface area contributed by atoms with Gasteiger partial charge in [-0.2, -0.15) is 0 Å². The van der Waals surface area contributed by atoms with Crippen LogP contribution in [0.5, 0.6) is 0 Å². The van der Waals surface area contributed by atoms with Crippen LogP contribution >= 0.6 is 22.6 Å². The average molecular weight is 414 g/mol. The molecule has 1 nitrogen and oxygen atoms in total. The van der Waals surface area contributed by atoms with Crippen molar-refractivity contribution < 1.29 is 5.11 Å². The molecule has 3 aliphatic rings. The monoisotopic (exact) mass is 414 g/mol. The molecule has 1 unspecified atom stereocenters. The molecule has 0 bridgehead atoms. The van der Waals surface area contributed by atoms with Gasteiger partial charge < -0.3 is 5.11 Å². The summed E-state index contributed by atoms with van der Waals surface area (Å²) in [5.41, 5.74) is 1.70. The van der Waals surface area contributed by atoms with Crippen molar-refractivity contribution in [3.05, 3.63) is 21.8 Å². The third kappa shape index (κ3) is 3.07. The SMILES string of the molecule is C[C@H](C[C@@H]1C=C[C@@](C)(O)C1)[C@H]1CCC2/C(=C/I)CCC[C@@]21C. The van der Waals surface area contributed by atoms with Gasteiger partial charge in [0.2, 0.25) is 0 Å². The van der Waals surface area contributed by atoms with Crippen LogP contribution in [0.1, 0.15) is 65.7 Å². The fraction of sp³-hybridized carbons (Fsp3) is 0.800. The summed E-state index contributed by atoms with van der Waals surface area (Å²) in [6.07, 6.45) is 13.4. The van der Waals surface area contributed by atoms with E-state index in [1.807, 2.05) is 13.0 Å². The van der Waals surface area contributed by atoms with Crippen molar-refractivity contribution in [3.8, 4) is 0 Å². The maximum atomic E-state index is 10.2. The minimum Gasteiger partial charge on any atom is -0.386 e. The quantitative estimate of drug-likeness (QED) is 0.452. The standard InChI is InChI=1S/C20H31IO/c1-14(11-15-8-10-19(2,22)12-15)17-6-7-18-16(13-21)5-4-9-20(17,18)3/h8,10,13-15,17-18,22H,4-7,9,11-12H2,1-3H3/b16-13+/t14-,15+,17-,18?,19-,20-/m1/s1. The van der Waals surface area contributed by atoms with E-state index in [-0.39, 0.29) is 0 Å². The van der Waals surface area contributed by atoms with E-state index in [1.54, 1.807) is 5.57 Å². The molecular weight excluding hydrogens is 383 g/mol. The van der Waals surface area contributed by atoms with Crippen molar-refractivity contribution in [3.63, 3.8) is 0 Å². The predicted molar refractivity (Wildman–Crippen MR) is 102 cm³/mol. The molecule has 0 radical (unpaired) electrons. The first-order valence-electron chi connectivity index (χ1n) is 9.06. The van der Waals surface area contributed by atoms with E-state index >= 15 is 0 Å². The van der Waals surface area contributed by atoms with Crippen LogP contribution in [0.3, 0.4) is 0 Å². The first kappa shape index (κ1) is 17.0. The molecule has 0 heterocycles. The molecule has 124 valence electrons. The van der Waals surface area contributed by atoms with E-state index in [4.69, 9.17) is 0 Å². The van der Waals surface area contributed by atoms with Crippen LogP contribution in [0.25, 0.3) is 0 Å². The molecule has 3 rings (SSSR count). The van der Waals surface area contributed by atoms with Gasteiger partial charge in [-0.15, -0.1) is 0 Å². The summed E-state index contributed by atoms with van der Waals surface area (Å²) in [5, 5.41) is 10.2. The molecule has 2 saturated carbocycles. The summed E-state index contributed by atoms with van der Waals surface area (Å²) in [4.78, 5) is 0. The third-order valence-corrected chi connectivity index (χ3v) is 7.74. The normalized spacial score (nSPS) is 47.9. The second-order valence-electron chi connectivity index (χ2n) is 8.67. The van der Waals surface area contributed by atoms with Crippen LogP contribution in [0.4, 0.5) is 0 Å². The van der Waals surface area contributed by atoms with Gasteiger partial charge in [-0.1, -0.05) is 54.2 Å². The first-order chi connectivity index (χ1) is 10.4. The zero-order valence-corrected chi connectivity index (χ0v) is 16.5. The van der Waals surface area contributed by atoms with E-state index in [2.05, 4.69) is 46.6 Å². The first-order valence-corrected chi connectivity index (χ1v) is 10.3. The molecular formula is C20H31IO. The lowest BCUT2D eigenvalue weighted by Gasteiger charge is -2.44. The molecule has 0 aliphatic heterocycles. The van der Waals surface area contributed by atoms with Gasteiger partial charge in [-0.3, -0.25) is 0 Å². The largest absolute Gasteiger partial charge is 0.386 e. The molecule has 2 fully saturated rings. The lowest BCUT2D eigenvalue weighted by molar-refractivity contribution is 0.0756. The highest BCUT2D eigenvalue weighted by Crippen LogP contribution is 2.60. The van der Waals surface area contributed by atoms with E-state index < -0.39 is 5.60 Å². The molecule has 0 spiro atoms. The van der Waals surface area contributed by atoms with Crippen molar-refractivity contribution in [1.82, 2.24) is 0 Å². The van der Waals surface area contributed by atoms with Gasteiger partial charge in [0.05, 0.1) is 5.60 Å². The second-order valence-corrected chi connectivity index (χ2v) is 9.30. The summed E-state index contributed by atoms with van der Waals surface area (Å²) in [5.74, 6) is 3.05. The van der Waals surface area contributed by atoms with Crippen molar-refractivity contribution in [2.75, 3.05) is 0 Å². The third-order valence-electron chi connectivity index (χ3n) is 6.94. The van der Waals surface area contributed by atoms with Gasteiger partial charge in [0.15, 0.2) is 0 Å². The van der Waals surface area contributed by atoms with Gasteiger partial charge >= 0.3 is 0 Å². The summed E-state index contributed by atoms with van der Waals surface area (Å²) < 4.78 is 2.38. The number of fused-ring (bicyclic) bond motifs is 1. The number of hydrogen-bond donors (Lipinski definition) is 1. The predicted octanol–water partition coefficient (Wildman–Crippen LogP) is 5.88. The average Bonchev–Trinajstić information content (AvgIpc) is 2.97. The van der Waals surface area contributed by atoms with Crippen LogP contribution in [0.15, 0.2) is 21.8 Å². The van der Waals surface area contributed by atoms with E-state index in [0.29, 0.717) is 11.3 Å². The molecule has 0 aromatic heterocycles. The van der Waals surface area contributed by atoms with Gasteiger partial charge in [-0.25, -0.2) is 0 Å². The zero-order valence-electron chi connectivity index (χ0n) is 14.3. The maximum Gasteiger partial charge on any atom is 0.0805 e. The van der Waals surface area contributed by atoms with Gasteiger partial charge in [-0.05, 0) is 85.0 Å². The summed E-state index contributed by atoms with van der Waals surface area (Å²) in [7, 11) is 0. The van der Waals surface area contributed by atoms with Crippen LogP contribution < -0.4 is 0 Å². The lowest BCUT2D eigenvalue weighted by atomic mass is 9.61. The van der Waals surface area contributed by atoms with Crippen LogP contribution in [0.2, 0.25) is 0 Å². The van der Waals surface area contributed by atoms with Crippen molar-refractivity contribution in [2.45, 2.75) is 71.3 Å². The number of aliphatic hydroxyl groups is 1. The smallest absolute Gasteiger partial charge is 0.0805 e.